The van der Waals surface area contributed by atoms with Gasteiger partial charge in [0.05, 0.1) is 11.6 Å². The minimum Gasteiger partial charge on any atom is -0.491 e. The van der Waals surface area contributed by atoms with Crippen molar-refractivity contribution in [3.8, 4) is 23.2 Å². The second kappa shape index (κ2) is 5.07. The number of nitrogen functional groups attached to an aromatic ring is 1. The number of nitriles is 1. The van der Waals surface area contributed by atoms with E-state index in [1.165, 1.54) is 0 Å². The maximum Gasteiger partial charge on any atom is 0.163 e. The largest absolute Gasteiger partial charge is 0.491 e. The molecule has 0 aliphatic carbocycles. The predicted molar refractivity (Wildman–Crippen MR) is 83.2 cm³/mol. The van der Waals surface area contributed by atoms with Gasteiger partial charge in [-0.1, -0.05) is 0 Å². The maximum atomic E-state index is 9.25. The van der Waals surface area contributed by atoms with Crippen molar-refractivity contribution < 1.29 is 4.74 Å². The topological polar surface area (TPSA) is 106 Å². The number of nitrogens with zero attached hydrogens (tertiary/aromatic N) is 4. The van der Waals surface area contributed by atoms with E-state index in [1.54, 1.807) is 4.68 Å². The molecule has 0 radical (unpaired) electrons. The number of ether oxygens (including phenoxy) is 1. The Morgan fingerprint density at radius 3 is 2.86 bits per heavy atom. The lowest BCUT2D eigenvalue weighted by molar-refractivity contribution is 0.243. The molecule has 7 heteroatoms. The molecule has 7 nitrogen and oxygen atoms in total. The van der Waals surface area contributed by atoms with Gasteiger partial charge in [-0.3, -0.25) is 9.78 Å². The molecule has 0 spiro atoms. The van der Waals surface area contributed by atoms with E-state index in [1.807, 2.05) is 39.1 Å². The summed E-state index contributed by atoms with van der Waals surface area (Å²) >= 11 is 0. The average Bonchev–Trinajstić information content (AvgIpc) is 2.98. The smallest absolute Gasteiger partial charge is 0.163 e. The van der Waals surface area contributed by atoms with Crippen molar-refractivity contribution >= 4 is 16.7 Å². The second-order valence-corrected chi connectivity index (χ2v) is 5.29. The van der Waals surface area contributed by atoms with Crippen molar-refractivity contribution in [1.82, 2.24) is 20.0 Å². The first-order valence-electron chi connectivity index (χ1n) is 6.89. The van der Waals surface area contributed by atoms with E-state index in [0.29, 0.717) is 17.0 Å². The fraction of sp³-hybridized carbons (Fsp3) is 0.267. The van der Waals surface area contributed by atoms with Gasteiger partial charge in [0.2, 0.25) is 0 Å². The van der Waals surface area contributed by atoms with Crippen molar-refractivity contribution in [2.45, 2.75) is 20.0 Å². The van der Waals surface area contributed by atoms with Crippen molar-refractivity contribution in [1.29, 1.82) is 5.26 Å². The van der Waals surface area contributed by atoms with Crippen LogP contribution in [-0.2, 0) is 7.05 Å². The lowest BCUT2D eigenvalue weighted by Gasteiger charge is -2.09. The maximum absolute atomic E-state index is 9.25. The van der Waals surface area contributed by atoms with Gasteiger partial charge in [-0.05, 0) is 32.0 Å². The molecule has 0 bridgehead atoms. The highest BCUT2D eigenvalue weighted by atomic mass is 16.5. The third-order valence-electron chi connectivity index (χ3n) is 3.34. The van der Waals surface area contributed by atoms with Crippen LogP contribution in [0.4, 0.5) is 5.82 Å². The summed E-state index contributed by atoms with van der Waals surface area (Å²) in [5.74, 6) is 0.925. The molecule has 112 valence electrons. The van der Waals surface area contributed by atoms with Crippen molar-refractivity contribution in [3.05, 3.63) is 23.8 Å². The van der Waals surface area contributed by atoms with Crippen LogP contribution in [0, 0.1) is 11.3 Å². The summed E-state index contributed by atoms with van der Waals surface area (Å²) in [7, 11) is 1.85. The van der Waals surface area contributed by atoms with Gasteiger partial charge in [0.25, 0.3) is 0 Å². The standard InChI is InChI=1S/C15H16N6O/c1-8(2)22-9-4-5-12-10(6-9)14(20-21(12)3)13-11(7-16)15(17)19-18-13/h4-6,8H,1-3H3,(H3,17,18,19). The minimum atomic E-state index is 0.0787. The number of nitrogens with one attached hydrogen (secondary N) is 1. The summed E-state index contributed by atoms with van der Waals surface area (Å²) in [4.78, 5) is 0. The van der Waals surface area contributed by atoms with Crippen LogP contribution in [0.15, 0.2) is 18.2 Å². The molecule has 0 saturated carbocycles. The van der Waals surface area contributed by atoms with Crippen LogP contribution < -0.4 is 10.5 Å². The normalized spacial score (nSPS) is 11.0. The van der Waals surface area contributed by atoms with Gasteiger partial charge in [0.15, 0.2) is 5.82 Å². The van der Waals surface area contributed by atoms with Crippen LogP contribution >= 0.6 is 0 Å². The zero-order valence-electron chi connectivity index (χ0n) is 12.6. The first kappa shape index (κ1) is 13.9. The number of anilines is 1. The third kappa shape index (κ3) is 2.15. The molecule has 0 saturated heterocycles. The van der Waals surface area contributed by atoms with E-state index < -0.39 is 0 Å². The lowest BCUT2D eigenvalue weighted by Crippen LogP contribution is -2.05. The molecular formula is C15H16N6O. The minimum absolute atomic E-state index is 0.0787. The summed E-state index contributed by atoms with van der Waals surface area (Å²) < 4.78 is 7.48. The Labute approximate surface area is 127 Å². The van der Waals surface area contributed by atoms with Crippen LogP contribution in [0.2, 0.25) is 0 Å². The summed E-state index contributed by atoms with van der Waals surface area (Å²) in [6, 6.07) is 7.82. The van der Waals surface area contributed by atoms with Crippen LogP contribution in [0.25, 0.3) is 22.3 Å². The number of benzene rings is 1. The van der Waals surface area contributed by atoms with E-state index in [4.69, 9.17) is 10.5 Å². The number of aromatic amines is 1. The Balaban J connectivity index is 2.23. The number of aromatic nitrogens is 4. The summed E-state index contributed by atoms with van der Waals surface area (Å²) in [6.07, 6.45) is 0.0787. The molecule has 3 aromatic rings. The van der Waals surface area contributed by atoms with Crippen LogP contribution in [0.3, 0.4) is 0 Å². The highest BCUT2D eigenvalue weighted by molar-refractivity contribution is 5.95. The Morgan fingerprint density at radius 1 is 1.41 bits per heavy atom. The van der Waals surface area contributed by atoms with E-state index in [-0.39, 0.29) is 11.9 Å². The monoisotopic (exact) mass is 296 g/mol. The summed E-state index contributed by atoms with van der Waals surface area (Å²) in [6.45, 7) is 3.94. The molecule has 22 heavy (non-hydrogen) atoms. The highest BCUT2D eigenvalue weighted by Gasteiger charge is 2.19. The van der Waals surface area contributed by atoms with Gasteiger partial charge in [-0.2, -0.15) is 15.5 Å². The molecule has 3 rings (SSSR count). The van der Waals surface area contributed by atoms with Gasteiger partial charge in [0.1, 0.15) is 28.8 Å². The fourth-order valence-corrected chi connectivity index (χ4v) is 2.42. The quantitative estimate of drug-likeness (QED) is 0.770. The molecule has 0 fully saturated rings. The molecule has 0 aliphatic rings. The predicted octanol–water partition coefficient (Wildman–Crippen LogP) is 2.20. The lowest BCUT2D eigenvalue weighted by atomic mass is 10.1. The van der Waals surface area contributed by atoms with E-state index in [2.05, 4.69) is 21.4 Å². The third-order valence-corrected chi connectivity index (χ3v) is 3.34. The van der Waals surface area contributed by atoms with Gasteiger partial charge in [-0.15, -0.1) is 0 Å². The van der Waals surface area contributed by atoms with Crippen LogP contribution in [-0.4, -0.2) is 26.1 Å². The zero-order valence-corrected chi connectivity index (χ0v) is 12.6. The number of nitrogens with two attached hydrogens (primary N) is 1. The zero-order chi connectivity index (χ0) is 15.9. The summed E-state index contributed by atoms with van der Waals surface area (Å²) in [5.41, 5.74) is 8.10. The van der Waals surface area contributed by atoms with Crippen LogP contribution in [0.5, 0.6) is 5.75 Å². The first-order valence-corrected chi connectivity index (χ1v) is 6.89. The molecule has 0 amide bonds. The molecule has 3 N–H and O–H groups in total. The molecule has 1 aromatic carbocycles. The van der Waals surface area contributed by atoms with Crippen molar-refractivity contribution in [3.63, 3.8) is 0 Å². The Morgan fingerprint density at radius 2 is 2.18 bits per heavy atom. The van der Waals surface area contributed by atoms with Gasteiger partial charge in [0, 0.05) is 12.4 Å². The number of hydrogen-bond donors (Lipinski definition) is 2. The van der Waals surface area contributed by atoms with Crippen LogP contribution in [0.1, 0.15) is 19.4 Å². The summed E-state index contributed by atoms with van der Waals surface area (Å²) in [5, 5.41) is 21.3. The Kier molecular flexibility index (Phi) is 3.22. The van der Waals surface area contributed by atoms with Crippen molar-refractivity contribution in [2.75, 3.05) is 5.73 Å². The molecular weight excluding hydrogens is 280 g/mol. The number of H-pyrrole nitrogens is 1. The van der Waals surface area contributed by atoms with E-state index in [9.17, 15) is 5.26 Å². The molecule has 0 aliphatic heterocycles. The van der Waals surface area contributed by atoms with Gasteiger partial charge < -0.3 is 10.5 Å². The first-order chi connectivity index (χ1) is 10.5. The molecule has 0 unspecified atom stereocenters. The number of rotatable bonds is 3. The number of aryl methyl sites for hydroxylation is 1. The SMILES string of the molecule is CC(C)Oc1ccc2c(c1)c(-c1[nH]nc(N)c1C#N)nn2C. The van der Waals surface area contributed by atoms with Crippen molar-refractivity contribution in [2.24, 2.45) is 7.05 Å². The molecule has 0 atom stereocenters. The van der Waals surface area contributed by atoms with E-state index in [0.717, 1.165) is 16.7 Å². The number of fused-ring (bicyclic) bond motifs is 1. The highest BCUT2D eigenvalue weighted by Crippen LogP contribution is 2.32. The molecule has 2 heterocycles. The molecule has 2 aromatic heterocycles. The fourth-order valence-electron chi connectivity index (χ4n) is 2.42. The number of hydrogen-bond acceptors (Lipinski definition) is 5. The average molecular weight is 296 g/mol. The van der Waals surface area contributed by atoms with E-state index >= 15 is 0 Å². The Hall–Kier alpha value is -3.01. The van der Waals surface area contributed by atoms with Gasteiger partial charge >= 0.3 is 0 Å². The Bertz CT molecular complexity index is 883. The van der Waals surface area contributed by atoms with Gasteiger partial charge in [-0.25, -0.2) is 0 Å². The second-order valence-electron chi connectivity index (χ2n) is 5.29.